The second-order valence-electron chi connectivity index (χ2n) is 4.86. The Morgan fingerprint density at radius 1 is 1.24 bits per heavy atom. The summed E-state index contributed by atoms with van der Waals surface area (Å²) in [5.74, 6) is 0. The van der Waals surface area contributed by atoms with E-state index in [-0.39, 0.29) is 5.37 Å². The standard InChI is InChI=1S/C13H15ClN2O/c14-13(17)16-9-11-6-12(16)8-15(11)7-10-4-2-1-3-5-10/h1-5,11-12H,6-9H2/t11-,12-/m0/s1. The number of carbonyl (C=O) groups excluding carboxylic acids is 1. The van der Waals surface area contributed by atoms with Crippen molar-refractivity contribution in [3.63, 3.8) is 0 Å². The van der Waals surface area contributed by atoms with E-state index in [1.165, 1.54) is 5.56 Å². The molecule has 3 rings (SSSR count). The Kier molecular flexibility index (Phi) is 2.81. The number of hydrogen-bond acceptors (Lipinski definition) is 2. The fraction of sp³-hybridized carbons (Fsp3) is 0.462. The van der Waals surface area contributed by atoms with Crippen LogP contribution in [0.15, 0.2) is 30.3 Å². The molecular formula is C13H15ClN2O. The lowest BCUT2D eigenvalue weighted by Crippen LogP contribution is -2.46. The van der Waals surface area contributed by atoms with E-state index < -0.39 is 0 Å². The number of nitrogens with zero attached hydrogens (tertiary/aromatic N) is 2. The van der Waals surface area contributed by atoms with Gasteiger partial charge in [-0.2, -0.15) is 0 Å². The van der Waals surface area contributed by atoms with Crippen LogP contribution in [0.3, 0.4) is 0 Å². The molecule has 1 aromatic rings. The highest BCUT2D eigenvalue weighted by Gasteiger charge is 2.44. The number of carbonyl (C=O) groups is 1. The summed E-state index contributed by atoms with van der Waals surface area (Å²) in [6, 6.07) is 11.3. The van der Waals surface area contributed by atoms with Crippen molar-refractivity contribution in [2.45, 2.75) is 25.0 Å². The first-order chi connectivity index (χ1) is 8.24. The molecular weight excluding hydrogens is 236 g/mol. The molecule has 0 aromatic heterocycles. The van der Waals surface area contributed by atoms with Crippen molar-refractivity contribution in [3.8, 4) is 0 Å². The Balaban J connectivity index is 1.65. The largest absolute Gasteiger partial charge is 0.323 e. The molecule has 0 spiro atoms. The zero-order valence-corrected chi connectivity index (χ0v) is 10.3. The summed E-state index contributed by atoms with van der Waals surface area (Å²) in [5.41, 5.74) is 1.34. The average Bonchev–Trinajstić information content (AvgIpc) is 2.89. The molecule has 1 aromatic carbocycles. The highest BCUT2D eigenvalue weighted by Crippen LogP contribution is 2.32. The molecule has 0 aliphatic carbocycles. The summed E-state index contributed by atoms with van der Waals surface area (Å²) in [6.45, 7) is 2.73. The number of fused-ring (bicyclic) bond motifs is 2. The van der Waals surface area contributed by atoms with Crippen LogP contribution in [0, 0.1) is 0 Å². The maximum absolute atomic E-state index is 11.2. The predicted octanol–water partition coefficient (Wildman–Crippen LogP) is 2.30. The Labute approximate surface area is 106 Å². The van der Waals surface area contributed by atoms with Crippen LogP contribution in [-0.2, 0) is 6.54 Å². The molecule has 90 valence electrons. The number of likely N-dealkylation sites (tertiary alicyclic amines) is 2. The summed E-state index contributed by atoms with van der Waals surface area (Å²) in [6.07, 6.45) is 1.07. The topological polar surface area (TPSA) is 23.6 Å². The lowest BCUT2D eigenvalue weighted by molar-refractivity contribution is 0.144. The maximum Gasteiger partial charge on any atom is 0.316 e. The lowest BCUT2D eigenvalue weighted by Gasteiger charge is -2.32. The van der Waals surface area contributed by atoms with Crippen molar-refractivity contribution in [1.29, 1.82) is 0 Å². The van der Waals surface area contributed by atoms with E-state index in [1.54, 1.807) is 4.90 Å². The van der Waals surface area contributed by atoms with Crippen LogP contribution in [0.2, 0.25) is 0 Å². The van der Waals surface area contributed by atoms with Crippen molar-refractivity contribution in [1.82, 2.24) is 9.80 Å². The van der Waals surface area contributed by atoms with E-state index >= 15 is 0 Å². The fourth-order valence-electron chi connectivity index (χ4n) is 2.98. The number of amides is 1. The number of rotatable bonds is 2. The Morgan fingerprint density at radius 3 is 2.59 bits per heavy atom. The Morgan fingerprint density at radius 2 is 2.00 bits per heavy atom. The highest BCUT2D eigenvalue weighted by atomic mass is 35.5. The van der Waals surface area contributed by atoms with Crippen LogP contribution < -0.4 is 0 Å². The summed E-state index contributed by atoms with van der Waals surface area (Å²) in [7, 11) is 0. The van der Waals surface area contributed by atoms with Gasteiger partial charge in [0.25, 0.3) is 0 Å². The smallest absolute Gasteiger partial charge is 0.316 e. The van der Waals surface area contributed by atoms with Crippen molar-refractivity contribution in [3.05, 3.63) is 35.9 Å². The third-order valence-corrected chi connectivity index (χ3v) is 4.03. The molecule has 2 fully saturated rings. The molecule has 0 N–H and O–H groups in total. The van der Waals surface area contributed by atoms with Gasteiger partial charge in [-0.05, 0) is 23.6 Å². The zero-order valence-electron chi connectivity index (χ0n) is 9.55. The highest BCUT2D eigenvalue weighted by molar-refractivity contribution is 6.62. The number of hydrogen-bond donors (Lipinski definition) is 0. The number of benzene rings is 1. The number of piperazine rings is 1. The van der Waals surface area contributed by atoms with Gasteiger partial charge in [0.1, 0.15) is 0 Å². The van der Waals surface area contributed by atoms with Crippen LogP contribution in [0.4, 0.5) is 4.79 Å². The first-order valence-electron chi connectivity index (χ1n) is 5.98. The Bertz CT molecular complexity index is 423. The van der Waals surface area contributed by atoms with Gasteiger partial charge in [-0.25, -0.2) is 0 Å². The molecule has 17 heavy (non-hydrogen) atoms. The summed E-state index contributed by atoms with van der Waals surface area (Å²) in [5, 5.41) is -0.295. The van der Waals surface area contributed by atoms with Gasteiger partial charge in [-0.3, -0.25) is 9.69 Å². The normalized spacial score (nSPS) is 27.7. The minimum atomic E-state index is -0.295. The minimum absolute atomic E-state index is 0.295. The summed E-state index contributed by atoms with van der Waals surface area (Å²) in [4.78, 5) is 15.4. The van der Waals surface area contributed by atoms with Crippen LogP contribution >= 0.6 is 11.6 Å². The average molecular weight is 251 g/mol. The van der Waals surface area contributed by atoms with Crippen LogP contribution in [0.5, 0.6) is 0 Å². The molecule has 0 radical (unpaired) electrons. The van der Waals surface area contributed by atoms with Gasteiger partial charge < -0.3 is 4.90 Å². The van der Waals surface area contributed by atoms with E-state index in [4.69, 9.17) is 11.6 Å². The number of halogens is 1. The van der Waals surface area contributed by atoms with E-state index in [2.05, 4.69) is 29.2 Å². The maximum atomic E-state index is 11.2. The van der Waals surface area contributed by atoms with E-state index in [1.807, 2.05) is 6.07 Å². The molecule has 2 aliphatic rings. The Hall–Kier alpha value is -1.06. The van der Waals surface area contributed by atoms with Crippen molar-refractivity contribution < 1.29 is 4.79 Å². The molecule has 0 unspecified atom stereocenters. The van der Waals surface area contributed by atoms with Gasteiger partial charge in [0.05, 0.1) is 0 Å². The molecule has 4 heteroatoms. The monoisotopic (exact) mass is 250 g/mol. The van der Waals surface area contributed by atoms with Crippen LogP contribution in [0.25, 0.3) is 0 Å². The van der Waals surface area contributed by atoms with Gasteiger partial charge >= 0.3 is 5.37 Å². The molecule has 2 bridgehead atoms. The van der Waals surface area contributed by atoms with Crippen molar-refractivity contribution >= 4 is 17.0 Å². The molecule has 2 saturated heterocycles. The van der Waals surface area contributed by atoms with Gasteiger partial charge in [0.15, 0.2) is 0 Å². The van der Waals surface area contributed by atoms with E-state index in [0.29, 0.717) is 12.1 Å². The minimum Gasteiger partial charge on any atom is -0.323 e. The second-order valence-corrected chi connectivity index (χ2v) is 5.19. The van der Waals surface area contributed by atoms with Gasteiger partial charge in [0, 0.05) is 31.7 Å². The SMILES string of the molecule is O=C(Cl)N1C[C@@H]2C[C@H]1CN2Cc1ccccc1. The molecule has 2 heterocycles. The van der Waals surface area contributed by atoms with Crippen LogP contribution in [0.1, 0.15) is 12.0 Å². The van der Waals surface area contributed by atoms with E-state index in [9.17, 15) is 4.79 Å². The molecule has 3 nitrogen and oxygen atoms in total. The first-order valence-corrected chi connectivity index (χ1v) is 6.36. The molecule has 2 aliphatic heterocycles. The quantitative estimate of drug-likeness (QED) is 0.594. The lowest BCUT2D eigenvalue weighted by atomic mass is 10.2. The third kappa shape index (κ3) is 2.05. The summed E-state index contributed by atoms with van der Waals surface area (Å²) >= 11 is 5.55. The zero-order chi connectivity index (χ0) is 11.8. The van der Waals surface area contributed by atoms with Gasteiger partial charge in [-0.15, -0.1) is 0 Å². The van der Waals surface area contributed by atoms with Crippen molar-refractivity contribution in [2.75, 3.05) is 13.1 Å². The van der Waals surface area contributed by atoms with E-state index in [0.717, 1.165) is 26.1 Å². The summed E-state index contributed by atoms with van der Waals surface area (Å²) < 4.78 is 0. The van der Waals surface area contributed by atoms with Crippen LogP contribution in [-0.4, -0.2) is 40.3 Å². The predicted molar refractivity (Wildman–Crippen MR) is 67.0 cm³/mol. The fourth-order valence-corrected chi connectivity index (χ4v) is 3.18. The molecule has 0 saturated carbocycles. The third-order valence-electron chi connectivity index (χ3n) is 3.81. The molecule has 2 atom stereocenters. The molecule has 1 amide bonds. The first kappa shape index (κ1) is 11.1. The van der Waals surface area contributed by atoms with Gasteiger partial charge in [0.2, 0.25) is 0 Å². The van der Waals surface area contributed by atoms with Crippen molar-refractivity contribution in [2.24, 2.45) is 0 Å². The second kappa shape index (κ2) is 4.31. The van der Waals surface area contributed by atoms with Gasteiger partial charge in [-0.1, -0.05) is 30.3 Å².